The Kier molecular flexibility index (Phi) is 4.81. The summed E-state index contributed by atoms with van der Waals surface area (Å²) >= 11 is 0. The zero-order valence-corrected chi connectivity index (χ0v) is 9.39. The van der Waals surface area contributed by atoms with Crippen molar-refractivity contribution in [2.75, 3.05) is 0 Å². The van der Waals surface area contributed by atoms with Gasteiger partial charge in [0.15, 0.2) is 0 Å². The molecule has 0 fully saturated rings. The van der Waals surface area contributed by atoms with Gasteiger partial charge >= 0.3 is 0 Å². The lowest BCUT2D eigenvalue weighted by Gasteiger charge is -2.04. The highest BCUT2D eigenvalue weighted by atomic mass is 14.0. The van der Waals surface area contributed by atoms with Crippen LogP contribution in [0.3, 0.4) is 0 Å². The van der Waals surface area contributed by atoms with Crippen molar-refractivity contribution in [3.05, 3.63) is 91.5 Å². The first-order chi connectivity index (χ1) is 7.88. The summed E-state index contributed by atoms with van der Waals surface area (Å²) in [6.07, 6.45) is 0. The lowest BCUT2D eigenvalue weighted by molar-refractivity contribution is 1.56. The highest BCUT2D eigenvalue weighted by Gasteiger charge is 1.99. The first-order valence-electron chi connectivity index (χ1n) is 5.17. The number of hydrogen-bond acceptors (Lipinski definition) is 0. The third-order valence-electron chi connectivity index (χ3n) is 2.24. The van der Waals surface area contributed by atoms with Crippen LogP contribution in [-0.2, 0) is 0 Å². The van der Waals surface area contributed by atoms with E-state index in [1.54, 1.807) is 0 Å². The molecule has 0 atom stereocenters. The first kappa shape index (κ1) is 12.0. The molecule has 0 heterocycles. The van der Waals surface area contributed by atoms with Gasteiger partial charge in [-0.15, -0.1) is 13.2 Å². The average molecular weight is 208 g/mol. The van der Waals surface area contributed by atoms with E-state index >= 15 is 0 Å². The second-order valence-electron chi connectivity index (χ2n) is 3.21. The maximum absolute atomic E-state index is 4.10. The molecule has 0 saturated carbocycles. The van der Waals surface area contributed by atoms with Gasteiger partial charge in [0.1, 0.15) is 0 Å². The Morgan fingerprint density at radius 2 is 0.938 bits per heavy atom. The van der Waals surface area contributed by atoms with Crippen molar-refractivity contribution in [3.63, 3.8) is 0 Å². The standard InChI is InChI=1S/C14H12.C2H4/c1-12(13-8-4-2-5-9-13)14-10-6-3-7-11-14;1-2/h2-11H,1H2;1-2H2. The smallest absolute Gasteiger partial charge is 0.0183 e. The predicted octanol–water partition coefficient (Wildman–Crippen LogP) is 4.55. The van der Waals surface area contributed by atoms with E-state index in [9.17, 15) is 0 Å². The molecule has 0 aliphatic carbocycles. The van der Waals surface area contributed by atoms with Crippen LogP contribution in [0.15, 0.2) is 80.4 Å². The number of rotatable bonds is 2. The van der Waals surface area contributed by atoms with Gasteiger partial charge in [0.25, 0.3) is 0 Å². The molecular weight excluding hydrogens is 192 g/mol. The van der Waals surface area contributed by atoms with Crippen LogP contribution in [0.5, 0.6) is 0 Å². The number of benzene rings is 2. The van der Waals surface area contributed by atoms with Crippen molar-refractivity contribution in [1.82, 2.24) is 0 Å². The molecule has 0 unspecified atom stereocenters. The molecule has 0 bridgehead atoms. The molecule has 0 saturated heterocycles. The second kappa shape index (κ2) is 6.41. The fraction of sp³-hybridized carbons (Fsp3) is 0. The van der Waals surface area contributed by atoms with E-state index in [1.807, 2.05) is 36.4 Å². The minimum Gasteiger partial charge on any atom is -0.106 e. The van der Waals surface area contributed by atoms with Crippen LogP contribution >= 0.6 is 0 Å². The zero-order chi connectivity index (χ0) is 11.8. The van der Waals surface area contributed by atoms with Crippen LogP contribution in [-0.4, -0.2) is 0 Å². The van der Waals surface area contributed by atoms with Gasteiger partial charge in [-0.1, -0.05) is 67.2 Å². The van der Waals surface area contributed by atoms with Crippen LogP contribution in [0, 0.1) is 0 Å². The molecule has 0 aromatic heterocycles. The summed E-state index contributed by atoms with van der Waals surface area (Å²) in [5, 5.41) is 0. The highest BCUT2D eigenvalue weighted by molar-refractivity contribution is 5.77. The van der Waals surface area contributed by atoms with Gasteiger partial charge in [-0.05, 0) is 16.7 Å². The Morgan fingerprint density at radius 1 is 0.625 bits per heavy atom. The van der Waals surface area contributed by atoms with Crippen molar-refractivity contribution < 1.29 is 0 Å². The molecule has 0 nitrogen and oxygen atoms in total. The minimum absolute atomic E-state index is 1.08. The van der Waals surface area contributed by atoms with E-state index in [-0.39, 0.29) is 0 Å². The number of hydrogen-bond donors (Lipinski definition) is 0. The Morgan fingerprint density at radius 3 is 1.25 bits per heavy atom. The summed E-state index contributed by atoms with van der Waals surface area (Å²) in [4.78, 5) is 0. The zero-order valence-electron chi connectivity index (χ0n) is 9.39. The molecule has 0 amide bonds. The van der Waals surface area contributed by atoms with Crippen molar-refractivity contribution in [2.24, 2.45) is 0 Å². The third-order valence-corrected chi connectivity index (χ3v) is 2.24. The monoisotopic (exact) mass is 208 g/mol. The molecule has 16 heavy (non-hydrogen) atoms. The van der Waals surface area contributed by atoms with E-state index in [1.165, 1.54) is 11.1 Å². The van der Waals surface area contributed by atoms with Crippen LogP contribution in [0.4, 0.5) is 0 Å². The minimum atomic E-state index is 1.08. The summed E-state index contributed by atoms with van der Waals surface area (Å²) in [5.41, 5.74) is 3.43. The molecular formula is C16H16. The van der Waals surface area contributed by atoms with Crippen LogP contribution in [0.1, 0.15) is 11.1 Å². The summed E-state index contributed by atoms with van der Waals surface area (Å²) in [6, 6.07) is 20.5. The largest absolute Gasteiger partial charge is 0.106 e. The fourth-order valence-corrected chi connectivity index (χ4v) is 1.45. The van der Waals surface area contributed by atoms with Crippen molar-refractivity contribution in [3.8, 4) is 0 Å². The van der Waals surface area contributed by atoms with E-state index in [0.717, 1.165) is 5.57 Å². The van der Waals surface area contributed by atoms with E-state index < -0.39 is 0 Å². The molecule has 0 aliphatic rings. The molecule has 0 heteroatoms. The quantitative estimate of drug-likeness (QED) is 0.635. The van der Waals surface area contributed by atoms with Gasteiger partial charge in [0, 0.05) is 0 Å². The normalized spacial score (nSPS) is 8.75. The SMILES string of the molecule is C=C.C=C(c1ccccc1)c1ccccc1. The highest BCUT2D eigenvalue weighted by Crippen LogP contribution is 2.20. The molecule has 0 aliphatic heterocycles. The molecule has 0 spiro atoms. The van der Waals surface area contributed by atoms with Gasteiger partial charge in [-0.2, -0.15) is 0 Å². The van der Waals surface area contributed by atoms with Gasteiger partial charge in [-0.25, -0.2) is 0 Å². The Bertz CT molecular complexity index is 385. The maximum Gasteiger partial charge on any atom is -0.0183 e. The summed E-state index contributed by atoms with van der Waals surface area (Å²) in [7, 11) is 0. The van der Waals surface area contributed by atoms with Crippen LogP contribution in [0.25, 0.3) is 5.57 Å². The van der Waals surface area contributed by atoms with Gasteiger partial charge in [0.05, 0.1) is 0 Å². The topological polar surface area (TPSA) is 0 Å². The molecule has 0 N–H and O–H groups in total. The predicted molar refractivity (Wildman–Crippen MR) is 72.3 cm³/mol. The lowest BCUT2D eigenvalue weighted by Crippen LogP contribution is -1.84. The molecule has 2 aromatic carbocycles. The Labute approximate surface area is 97.6 Å². The summed E-state index contributed by atoms with van der Waals surface area (Å²) < 4.78 is 0. The first-order valence-corrected chi connectivity index (χ1v) is 5.17. The lowest BCUT2D eigenvalue weighted by atomic mass is 10.0. The van der Waals surface area contributed by atoms with Gasteiger partial charge < -0.3 is 0 Å². The fourth-order valence-electron chi connectivity index (χ4n) is 1.45. The van der Waals surface area contributed by atoms with E-state index in [2.05, 4.69) is 44.0 Å². The Balaban J connectivity index is 0.000000606. The summed E-state index contributed by atoms with van der Waals surface area (Å²) in [5.74, 6) is 0. The van der Waals surface area contributed by atoms with Crippen LogP contribution < -0.4 is 0 Å². The Hall–Kier alpha value is -2.08. The molecule has 2 aromatic rings. The molecule has 0 radical (unpaired) electrons. The van der Waals surface area contributed by atoms with Crippen molar-refractivity contribution in [2.45, 2.75) is 0 Å². The second-order valence-corrected chi connectivity index (χ2v) is 3.21. The maximum atomic E-state index is 4.10. The van der Waals surface area contributed by atoms with Crippen LogP contribution in [0.2, 0.25) is 0 Å². The summed E-state index contributed by atoms with van der Waals surface area (Å²) in [6.45, 7) is 10.1. The molecule has 2 rings (SSSR count). The van der Waals surface area contributed by atoms with Gasteiger partial charge in [0.2, 0.25) is 0 Å². The molecule has 80 valence electrons. The van der Waals surface area contributed by atoms with E-state index in [0.29, 0.717) is 0 Å². The van der Waals surface area contributed by atoms with Gasteiger partial charge in [-0.3, -0.25) is 0 Å². The average Bonchev–Trinajstić information content (AvgIpc) is 2.42. The van der Waals surface area contributed by atoms with Crippen molar-refractivity contribution >= 4 is 5.57 Å². The third kappa shape index (κ3) is 2.96. The van der Waals surface area contributed by atoms with E-state index in [4.69, 9.17) is 0 Å². The van der Waals surface area contributed by atoms with Crippen molar-refractivity contribution in [1.29, 1.82) is 0 Å².